The van der Waals surface area contributed by atoms with Crippen LogP contribution in [0, 0.1) is 0 Å². The third-order valence-electron chi connectivity index (χ3n) is 3.14. The summed E-state index contributed by atoms with van der Waals surface area (Å²) >= 11 is 0. The van der Waals surface area contributed by atoms with Gasteiger partial charge in [-0.05, 0) is 22.1 Å². The second-order valence-electron chi connectivity index (χ2n) is 4.33. The summed E-state index contributed by atoms with van der Waals surface area (Å²) in [5, 5.41) is 2.22. The number of nitrogens with zero attached hydrogens (tertiary/aromatic N) is 1. The lowest BCUT2D eigenvalue weighted by Crippen LogP contribution is -2.23. The van der Waals surface area contributed by atoms with E-state index in [9.17, 15) is 4.79 Å². The first-order valence-corrected chi connectivity index (χ1v) is 5.79. The molecule has 0 spiro atoms. The molecule has 1 aliphatic carbocycles. The first-order chi connectivity index (χ1) is 8.74. The maximum Gasteiger partial charge on any atom is 0.245 e. The minimum atomic E-state index is -0.380. The number of carbonyl (C=O) groups is 1. The number of amides is 1. The molecule has 1 amide bonds. The molecule has 3 rings (SSSR count). The molecule has 0 saturated heterocycles. The molecule has 88 valence electrons. The number of hydrogen-bond donors (Lipinski definition) is 1. The number of benzene rings is 1. The van der Waals surface area contributed by atoms with Crippen molar-refractivity contribution in [2.24, 2.45) is 10.7 Å². The molecule has 0 radical (unpaired) electrons. The highest BCUT2D eigenvalue weighted by atomic mass is 16.1. The Kier molecular flexibility index (Phi) is 2.45. The van der Waals surface area contributed by atoms with Gasteiger partial charge in [-0.1, -0.05) is 36.4 Å². The zero-order valence-corrected chi connectivity index (χ0v) is 9.76. The van der Waals surface area contributed by atoms with Crippen LogP contribution in [0.4, 0.5) is 0 Å². The van der Waals surface area contributed by atoms with Crippen LogP contribution in [0.5, 0.6) is 0 Å². The molecule has 1 heterocycles. The van der Waals surface area contributed by atoms with Crippen molar-refractivity contribution in [3.05, 3.63) is 58.0 Å². The van der Waals surface area contributed by atoms with Gasteiger partial charge in [0.15, 0.2) is 0 Å². The predicted octanol–water partition coefficient (Wildman–Crippen LogP) is 0.401. The maximum absolute atomic E-state index is 11.2. The van der Waals surface area contributed by atoms with E-state index in [0.29, 0.717) is 12.0 Å². The summed E-state index contributed by atoms with van der Waals surface area (Å²) in [6.07, 6.45) is 8.11. The monoisotopic (exact) mass is 236 g/mol. The molecule has 1 aromatic rings. The van der Waals surface area contributed by atoms with Crippen LogP contribution in [-0.4, -0.2) is 11.6 Å². The SMILES string of the molecule is NC(=O)C1=CC=C2C=c3ccccc3=CN=C2C1. The van der Waals surface area contributed by atoms with E-state index in [1.165, 1.54) is 0 Å². The average Bonchev–Trinajstić information content (AvgIpc) is 2.56. The Morgan fingerprint density at radius 2 is 1.94 bits per heavy atom. The highest BCUT2D eigenvalue weighted by molar-refractivity contribution is 6.14. The van der Waals surface area contributed by atoms with Crippen molar-refractivity contribution >= 4 is 23.9 Å². The van der Waals surface area contributed by atoms with Crippen molar-refractivity contribution in [1.82, 2.24) is 0 Å². The van der Waals surface area contributed by atoms with Gasteiger partial charge in [0.2, 0.25) is 5.91 Å². The number of allylic oxidation sites excluding steroid dienone is 3. The lowest BCUT2D eigenvalue weighted by Gasteiger charge is -2.11. The predicted molar refractivity (Wildman–Crippen MR) is 72.0 cm³/mol. The van der Waals surface area contributed by atoms with Crippen LogP contribution < -0.4 is 16.2 Å². The summed E-state index contributed by atoms with van der Waals surface area (Å²) in [4.78, 5) is 15.6. The quantitative estimate of drug-likeness (QED) is 0.754. The van der Waals surface area contributed by atoms with Crippen molar-refractivity contribution in [3.63, 3.8) is 0 Å². The Balaban J connectivity index is 2.17. The Hall–Kier alpha value is -2.42. The minimum absolute atomic E-state index is 0.380. The molecule has 0 atom stereocenters. The first kappa shape index (κ1) is 10.7. The molecule has 0 aromatic heterocycles. The van der Waals surface area contributed by atoms with Gasteiger partial charge in [-0.15, -0.1) is 0 Å². The molecule has 0 unspecified atom stereocenters. The molecule has 0 bridgehead atoms. The van der Waals surface area contributed by atoms with Gasteiger partial charge < -0.3 is 5.73 Å². The van der Waals surface area contributed by atoms with Crippen molar-refractivity contribution < 1.29 is 4.79 Å². The van der Waals surface area contributed by atoms with E-state index in [0.717, 1.165) is 21.7 Å². The Morgan fingerprint density at radius 1 is 1.17 bits per heavy atom. The van der Waals surface area contributed by atoms with Crippen LogP contribution in [0.1, 0.15) is 6.42 Å². The molecule has 2 N–H and O–H groups in total. The summed E-state index contributed by atoms with van der Waals surface area (Å²) in [7, 11) is 0. The van der Waals surface area contributed by atoms with Crippen LogP contribution in [0.25, 0.3) is 12.3 Å². The van der Waals surface area contributed by atoms with Gasteiger partial charge in [0.05, 0.1) is 5.71 Å². The van der Waals surface area contributed by atoms with E-state index in [1.807, 2.05) is 30.5 Å². The van der Waals surface area contributed by atoms with E-state index < -0.39 is 0 Å². The average molecular weight is 236 g/mol. The summed E-state index contributed by atoms with van der Waals surface area (Å²) in [6, 6.07) is 8.07. The number of nitrogens with two attached hydrogens (primary N) is 1. The van der Waals surface area contributed by atoms with E-state index >= 15 is 0 Å². The standard InChI is InChI=1S/C15H12N2O/c16-15(18)12-6-5-11-7-10-3-1-2-4-13(10)9-17-14(11)8-12/h1-7,9H,8H2,(H2,16,18). The van der Waals surface area contributed by atoms with Crippen molar-refractivity contribution in [1.29, 1.82) is 0 Å². The fraction of sp³-hybridized carbons (Fsp3) is 0.0667. The maximum atomic E-state index is 11.2. The van der Waals surface area contributed by atoms with Crippen LogP contribution in [0.15, 0.2) is 52.6 Å². The fourth-order valence-electron chi connectivity index (χ4n) is 2.12. The number of carbonyl (C=O) groups excluding carboxylic acids is 1. The third kappa shape index (κ3) is 1.80. The second-order valence-corrected chi connectivity index (χ2v) is 4.33. The van der Waals surface area contributed by atoms with Crippen LogP contribution >= 0.6 is 0 Å². The van der Waals surface area contributed by atoms with Gasteiger partial charge >= 0.3 is 0 Å². The normalized spacial score (nSPS) is 16.8. The lowest BCUT2D eigenvalue weighted by molar-refractivity contribution is -0.114. The zero-order chi connectivity index (χ0) is 12.5. The van der Waals surface area contributed by atoms with E-state index in [2.05, 4.69) is 17.1 Å². The molecule has 0 saturated carbocycles. The van der Waals surface area contributed by atoms with Crippen molar-refractivity contribution in [2.45, 2.75) is 6.42 Å². The van der Waals surface area contributed by atoms with Gasteiger partial charge in [0, 0.05) is 18.2 Å². The Labute approximate surface area is 104 Å². The second kappa shape index (κ2) is 4.11. The van der Waals surface area contributed by atoms with E-state index in [1.54, 1.807) is 6.08 Å². The molecule has 0 fully saturated rings. The third-order valence-corrected chi connectivity index (χ3v) is 3.14. The molecule has 2 aliphatic rings. The van der Waals surface area contributed by atoms with E-state index in [4.69, 9.17) is 5.73 Å². The molecular weight excluding hydrogens is 224 g/mol. The van der Waals surface area contributed by atoms with Gasteiger partial charge in [0.1, 0.15) is 0 Å². The van der Waals surface area contributed by atoms with Gasteiger partial charge in [-0.3, -0.25) is 9.79 Å². The number of rotatable bonds is 1. The van der Waals surface area contributed by atoms with Gasteiger partial charge in [0.25, 0.3) is 0 Å². The first-order valence-electron chi connectivity index (χ1n) is 5.79. The van der Waals surface area contributed by atoms with Crippen molar-refractivity contribution in [2.75, 3.05) is 0 Å². The van der Waals surface area contributed by atoms with Gasteiger partial charge in [-0.25, -0.2) is 0 Å². The van der Waals surface area contributed by atoms with Crippen LogP contribution in [0.2, 0.25) is 0 Å². The summed E-state index contributed by atoms with van der Waals surface area (Å²) in [6.45, 7) is 0. The molecule has 3 heteroatoms. The molecule has 1 aromatic carbocycles. The number of hydrogen-bond acceptors (Lipinski definition) is 2. The summed E-state index contributed by atoms with van der Waals surface area (Å²) in [5.74, 6) is -0.380. The van der Waals surface area contributed by atoms with Crippen LogP contribution in [-0.2, 0) is 4.79 Å². The zero-order valence-electron chi connectivity index (χ0n) is 9.76. The lowest BCUT2D eigenvalue weighted by atomic mass is 9.95. The topological polar surface area (TPSA) is 55.5 Å². The Morgan fingerprint density at radius 3 is 2.72 bits per heavy atom. The number of primary amides is 1. The Bertz CT molecular complexity index is 736. The van der Waals surface area contributed by atoms with Gasteiger partial charge in [-0.2, -0.15) is 0 Å². The molecule has 18 heavy (non-hydrogen) atoms. The summed E-state index contributed by atoms with van der Waals surface area (Å²) < 4.78 is 0. The van der Waals surface area contributed by atoms with E-state index in [-0.39, 0.29) is 5.91 Å². The fourth-order valence-corrected chi connectivity index (χ4v) is 2.12. The van der Waals surface area contributed by atoms with Crippen molar-refractivity contribution in [3.8, 4) is 0 Å². The molecule has 3 nitrogen and oxygen atoms in total. The minimum Gasteiger partial charge on any atom is -0.366 e. The largest absolute Gasteiger partial charge is 0.366 e. The number of aliphatic imine (C=N–C) groups is 1. The molecular formula is C15H12N2O. The molecule has 1 aliphatic heterocycles. The van der Waals surface area contributed by atoms with Crippen LogP contribution in [0.3, 0.4) is 0 Å². The highest BCUT2D eigenvalue weighted by Gasteiger charge is 2.16. The highest BCUT2D eigenvalue weighted by Crippen LogP contribution is 2.18. The smallest absolute Gasteiger partial charge is 0.245 e. The number of fused-ring (bicyclic) bond motifs is 2. The summed E-state index contributed by atoms with van der Waals surface area (Å²) in [5.41, 5.74) is 7.84.